The molecule has 19 heavy (non-hydrogen) atoms. The average molecular weight is 274 g/mol. The molecule has 0 saturated carbocycles. The predicted molar refractivity (Wildman–Crippen MR) is 82.1 cm³/mol. The molecule has 3 atom stereocenters. The van der Waals surface area contributed by atoms with Gasteiger partial charge in [-0.3, -0.25) is 0 Å². The van der Waals surface area contributed by atoms with Crippen LogP contribution in [0.1, 0.15) is 0 Å². The van der Waals surface area contributed by atoms with E-state index in [1.54, 1.807) is 6.08 Å². The van der Waals surface area contributed by atoms with E-state index in [0.717, 1.165) is 6.04 Å². The lowest BCUT2D eigenvalue weighted by Gasteiger charge is -2.30. The summed E-state index contributed by atoms with van der Waals surface area (Å²) in [4.78, 5) is 0. The molecule has 0 heterocycles. The highest BCUT2D eigenvalue weighted by Crippen LogP contribution is 2.25. The highest BCUT2D eigenvalue weighted by Gasteiger charge is 2.32. The zero-order chi connectivity index (χ0) is 13.9. The molecule has 0 bridgehead atoms. The van der Waals surface area contributed by atoms with Crippen LogP contribution in [0.3, 0.4) is 0 Å². The Labute approximate surface area is 116 Å². The van der Waals surface area contributed by atoms with E-state index in [4.69, 9.17) is 0 Å². The third kappa shape index (κ3) is 3.44. The van der Waals surface area contributed by atoms with Gasteiger partial charge in [-0.2, -0.15) is 0 Å². The monoisotopic (exact) mass is 274 g/mol. The molecule has 0 fully saturated rings. The summed E-state index contributed by atoms with van der Waals surface area (Å²) in [6.07, 6.45) is 5.95. The van der Waals surface area contributed by atoms with E-state index >= 15 is 0 Å². The molecule has 0 saturated heterocycles. The minimum atomic E-state index is -1.61. The van der Waals surface area contributed by atoms with Gasteiger partial charge in [0.25, 0.3) is 0 Å². The molecule has 2 N–H and O–H groups in total. The molecule has 3 heteroatoms. The van der Waals surface area contributed by atoms with Crippen molar-refractivity contribution in [3.63, 3.8) is 0 Å². The van der Waals surface area contributed by atoms with Crippen molar-refractivity contribution < 1.29 is 10.2 Å². The van der Waals surface area contributed by atoms with Gasteiger partial charge in [0.2, 0.25) is 0 Å². The Kier molecular flexibility index (Phi) is 4.40. The fourth-order valence-electron chi connectivity index (χ4n) is 2.65. The largest absolute Gasteiger partial charge is 0.389 e. The molecule has 0 aliphatic heterocycles. The summed E-state index contributed by atoms with van der Waals surface area (Å²) in [6.45, 7) is 4.63. The number of hydrogen-bond donors (Lipinski definition) is 2. The lowest BCUT2D eigenvalue weighted by Crippen LogP contribution is -2.45. The van der Waals surface area contributed by atoms with E-state index < -0.39 is 20.3 Å². The van der Waals surface area contributed by atoms with Gasteiger partial charge in [-0.05, 0) is 6.04 Å². The average Bonchev–Trinajstić information content (AvgIpc) is 2.55. The molecule has 0 spiro atoms. The first-order valence-electron chi connectivity index (χ1n) is 6.77. The molecular weight excluding hydrogens is 252 g/mol. The number of aliphatic hydroxyl groups excluding tert-OH is 2. The zero-order valence-electron chi connectivity index (χ0n) is 11.5. The Hall–Kier alpha value is -1.16. The molecule has 1 aromatic rings. The van der Waals surface area contributed by atoms with Crippen molar-refractivity contribution in [1.82, 2.24) is 0 Å². The molecule has 1 aliphatic carbocycles. The highest BCUT2D eigenvalue weighted by atomic mass is 28.3. The Morgan fingerprint density at radius 2 is 1.63 bits per heavy atom. The quantitative estimate of drug-likeness (QED) is 0.828. The van der Waals surface area contributed by atoms with Crippen LogP contribution in [0.4, 0.5) is 0 Å². The van der Waals surface area contributed by atoms with E-state index in [9.17, 15) is 10.2 Å². The maximum absolute atomic E-state index is 10.2. The van der Waals surface area contributed by atoms with Gasteiger partial charge in [0, 0.05) is 5.92 Å². The van der Waals surface area contributed by atoms with Gasteiger partial charge in [-0.25, -0.2) is 0 Å². The third-order valence-corrected chi connectivity index (χ3v) is 7.26. The van der Waals surface area contributed by atoms with Crippen LogP contribution in [0, 0.1) is 5.92 Å². The van der Waals surface area contributed by atoms with Crippen LogP contribution in [-0.4, -0.2) is 30.5 Å². The normalized spacial score (nSPS) is 27.3. The SMILES string of the molecule is C[Si](C)(C[C@@H]1C=CC=C[C@@H](O)[C@H]1O)c1ccccc1. The van der Waals surface area contributed by atoms with Gasteiger partial charge in [-0.1, -0.05) is 72.9 Å². The Morgan fingerprint density at radius 1 is 1.00 bits per heavy atom. The summed E-state index contributed by atoms with van der Waals surface area (Å²) >= 11 is 0. The molecule has 0 amide bonds. The van der Waals surface area contributed by atoms with E-state index in [1.165, 1.54) is 5.19 Å². The number of allylic oxidation sites excluding steroid dienone is 2. The number of rotatable bonds is 3. The van der Waals surface area contributed by atoms with Gasteiger partial charge in [0.1, 0.15) is 0 Å². The van der Waals surface area contributed by atoms with Crippen molar-refractivity contribution in [2.75, 3.05) is 0 Å². The van der Waals surface area contributed by atoms with Gasteiger partial charge in [0.15, 0.2) is 0 Å². The van der Waals surface area contributed by atoms with Crippen molar-refractivity contribution in [3.8, 4) is 0 Å². The van der Waals surface area contributed by atoms with Crippen molar-refractivity contribution in [3.05, 3.63) is 54.6 Å². The summed E-state index contributed by atoms with van der Waals surface area (Å²) in [6, 6.07) is 11.5. The fraction of sp³-hybridized carbons (Fsp3) is 0.375. The first-order valence-corrected chi connectivity index (χ1v) is 9.98. The van der Waals surface area contributed by atoms with Gasteiger partial charge in [-0.15, -0.1) is 0 Å². The van der Waals surface area contributed by atoms with Crippen LogP contribution in [0.2, 0.25) is 19.1 Å². The van der Waals surface area contributed by atoms with Crippen molar-refractivity contribution in [2.45, 2.75) is 31.3 Å². The van der Waals surface area contributed by atoms with E-state index in [0.29, 0.717) is 0 Å². The Morgan fingerprint density at radius 3 is 2.32 bits per heavy atom. The van der Waals surface area contributed by atoms with Gasteiger partial charge < -0.3 is 10.2 Å². The fourth-order valence-corrected chi connectivity index (χ4v) is 5.54. The second-order valence-corrected chi connectivity index (χ2v) is 10.6. The number of aliphatic hydroxyl groups is 2. The number of hydrogen-bond acceptors (Lipinski definition) is 2. The predicted octanol–water partition coefficient (Wildman–Crippen LogP) is 2.07. The van der Waals surface area contributed by atoms with Crippen LogP contribution >= 0.6 is 0 Å². The topological polar surface area (TPSA) is 40.5 Å². The molecule has 0 aromatic heterocycles. The maximum Gasteiger partial charge on any atom is 0.0988 e. The number of benzene rings is 1. The first kappa shape index (κ1) is 14.3. The zero-order valence-corrected chi connectivity index (χ0v) is 12.5. The molecule has 0 unspecified atom stereocenters. The molecule has 2 rings (SSSR count). The smallest absolute Gasteiger partial charge is 0.0988 e. The summed E-state index contributed by atoms with van der Waals surface area (Å²) in [7, 11) is -1.61. The van der Waals surface area contributed by atoms with Crippen molar-refractivity contribution in [2.24, 2.45) is 5.92 Å². The lowest BCUT2D eigenvalue weighted by molar-refractivity contribution is 0.0264. The third-order valence-electron chi connectivity index (χ3n) is 3.87. The molecule has 102 valence electrons. The van der Waals surface area contributed by atoms with Crippen LogP contribution in [0.15, 0.2) is 54.6 Å². The van der Waals surface area contributed by atoms with Crippen LogP contribution < -0.4 is 5.19 Å². The van der Waals surface area contributed by atoms with E-state index in [-0.39, 0.29) is 5.92 Å². The van der Waals surface area contributed by atoms with Gasteiger partial charge in [0.05, 0.1) is 20.3 Å². The summed E-state index contributed by atoms with van der Waals surface area (Å²) < 4.78 is 0. The Balaban J connectivity index is 2.16. The lowest BCUT2D eigenvalue weighted by atomic mass is 10.0. The first-order chi connectivity index (χ1) is 9.00. The molecular formula is C16H22O2Si. The van der Waals surface area contributed by atoms with E-state index in [1.807, 2.05) is 24.3 Å². The molecule has 1 aliphatic rings. The van der Waals surface area contributed by atoms with Crippen LogP contribution in [-0.2, 0) is 0 Å². The Bertz CT molecular complexity index is 465. The summed E-state index contributed by atoms with van der Waals surface area (Å²) in [5.74, 6) is 0.0203. The molecule has 1 aromatic carbocycles. The molecule has 0 radical (unpaired) electrons. The van der Waals surface area contributed by atoms with E-state index in [2.05, 4.69) is 37.4 Å². The summed E-state index contributed by atoms with van der Waals surface area (Å²) in [5.41, 5.74) is 0. The van der Waals surface area contributed by atoms with Crippen molar-refractivity contribution >= 4 is 13.3 Å². The van der Waals surface area contributed by atoms with Gasteiger partial charge >= 0.3 is 0 Å². The minimum absolute atomic E-state index is 0.0203. The maximum atomic E-state index is 10.2. The molecule has 2 nitrogen and oxygen atoms in total. The van der Waals surface area contributed by atoms with Crippen LogP contribution in [0.5, 0.6) is 0 Å². The van der Waals surface area contributed by atoms with Crippen LogP contribution in [0.25, 0.3) is 0 Å². The van der Waals surface area contributed by atoms with Crippen molar-refractivity contribution in [1.29, 1.82) is 0 Å². The summed E-state index contributed by atoms with van der Waals surface area (Å²) in [5, 5.41) is 21.4. The highest BCUT2D eigenvalue weighted by molar-refractivity contribution is 6.89. The standard InChI is InChI=1S/C16H22O2Si/c1-19(2,14-9-4-3-5-10-14)12-13-8-6-7-11-15(17)16(13)18/h3-11,13,15-18H,12H2,1-2H3/t13-,15+,16-/m0/s1. The second-order valence-electron chi connectivity index (χ2n) is 5.87. The second kappa shape index (κ2) is 5.86. The minimum Gasteiger partial charge on any atom is -0.389 e.